The van der Waals surface area contributed by atoms with E-state index in [1.165, 1.54) is 0 Å². The van der Waals surface area contributed by atoms with Gasteiger partial charge in [-0.15, -0.1) is 12.4 Å². The zero-order chi connectivity index (χ0) is 11.4. The number of halogens is 1. The molecule has 1 aliphatic heterocycles. The van der Waals surface area contributed by atoms with Crippen LogP contribution in [0.3, 0.4) is 0 Å². The third-order valence-corrected chi connectivity index (χ3v) is 2.96. The molecule has 0 aromatic carbocycles. The Bertz CT molecular complexity index is 250. The molecule has 0 aliphatic carbocycles. The molecule has 1 aliphatic rings. The fourth-order valence-electron chi connectivity index (χ4n) is 1.69. The lowest BCUT2D eigenvalue weighted by atomic mass is 10.0. The van der Waals surface area contributed by atoms with Gasteiger partial charge >= 0.3 is 0 Å². The summed E-state index contributed by atoms with van der Waals surface area (Å²) in [5, 5.41) is 2.48. The van der Waals surface area contributed by atoms with Gasteiger partial charge in [-0.1, -0.05) is 13.8 Å². The van der Waals surface area contributed by atoms with E-state index < -0.39 is 0 Å². The summed E-state index contributed by atoms with van der Waals surface area (Å²) in [5.41, 5.74) is 5.12. The maximum absolute atomic E-state index is 11.6. The summed E-state index contributed by atoms with van der Waals surface area (Å²) in [4.78, 5) is 24.3. The molecule has 1 saturated heterocycles. The van der Waals surface area contributed by atoms with E-state index in [9.17, 15) is 9.59 Å². The van der Waals surface area contributed by atoms with Crippen molar-refractivity contribution in [2.45, 2.75) is 13.8 Å². The molecule has 2 atom stereocenters. The topological polar surface area (TPSA) is 75.4 Å². The number of rotatable bonds is 3. The van der Waals surface area contributed by atoms with Gasteiger partial charge in [0.15, 0.2) is 0 Å². The number of hydrogen-bond donors (Lipinski definition) is 2. The largest absolute Gasteiger partial charge is 0.346 e. The van der Waals surface area contributed by atoms with Crippen molar-refractivity contribution in [3.63, 3.8) is 0 Å². The first-order valence-corrected chi connectivity index (χ1v) is 5.29. The van der Waals surface area contributed by atoms with Crippen LogP contribution in [0, 0.1) is 11.8 Å². The van der Waals surface area contributed by atoms with Gasteiger partial charge in [0.25, 0.3) is 0 Å². The number of likely N-dealkylation sites (tertiary alicyclic amines) is 1. The molecule has 94 valence electrons. The van der Waals surface area contributed by atoms with Crippen molar-refractivity contribution in [2.24, 2.45) is 17.6 Å². The van der Waals surface area contributed by atoms with Crippen LogP contribution in [0.4, 0.5) is 0 Å². The van der Waals surface area contributed by atoms with Crippen molar-refractivity contribution in [3.05, 3.63) is 0 Å². The number of amides is 2. The minimum atomic E-state index is -0.288. The number of nitrogens with zero attached hydrogens (tertiary/aromatic N) is 1. The second-order valence-corrected chi connectivity index (χ2v) is 4.23. The molecule has 5 nitrogen and oxygen atoms in total. The molecule has 2 unspecified atom stereocenters. The Morgan fingerprint density at radius 1 is 1.31 bits per heavy atom. The van der Waals surface area contributed by atoms with Crippen molar-refractivity contribution < 1.29 is 9.59 Å². The monoisotopic (exact) mass is 249 g/mol. The van der Waals surface area contributed by atoms with Crippen LogP contribution in [0.15, 0.2) is 0 Å². The SMILES string of the molecule is CC1CN(C(=O)CNC(=O)CN)CC1C.Cl. The van der Waals surface area contributed by atoms with Crippen LogP contribution in [0.25, 0.3) is 0 Å². The summed E-state index contributed by atoms with van der Waals surface area (Å²) < 4.78 is 0. The Morgan fingerprint density at radius 2 is 1.81 bits per heavy atom. The van der Waals surface area contributed by atoms with Crippen molar-refractivity contribution in [1.82, 2.24) is 10.2 Å². The molecule has 0 spiro atoms. The molecule has 1 fully saturated rings. The zero-order valence-corrected chi connectivity index (χ0v) is 10.5. The number of carbonyl (C=O) groups excluding carboxylic acids is 2. The van der Waals surface area contributed by atoms with Gasteiger partial charge in [-0.25, -0.2) is 0 Å². The maximum atomic E-state index is 11.6. The Morgan fingerprint density at radius 3 is 2.25 bits per heavy atom. The Kier molecular flexibility index (Phi) is 6.36. The van der Waals surface area contributed by atoms with E-state index in [4.69, 9.17) is 5.73 Å². The van der Waals surface area contributed by atoms with Gasteiger partial charge in [0.2, 0.25) is 11.8 Å². The first-order valence-electron chi connectivity index (χ1n) is 5.29. The van der Waals surface area contributed by atoms with Crippen LogP contribution in [0.2, 0.25) is 0 Å². The van der Waals surface area contributed by atoms with Gasteiger partial charge in [-0.2, -0.15) is 0 Å². The Balaban J connectivity index is 0.00000225. The Labute approximate surface area is 102 Å². The summed E-state index contributed by atoms with van der Waals surface area (Å²) in [6, 6.07) is 0. The lowest BCUT2D eigenvalue weighted by molar-refractivity contribution is -0.131. The highest BCUT2D eigenvalue weighted by atomic mass is 35.5. The highest BCUT2D eigenvalue weighted by Crippen LogP contribution is 2.21. The van der Waals surface area contributed by atoms with E-state index in [1.54, 1.807) is 4.90 Å². The van der Waals surface area contributed by atoms with Crippen LogP contribution in [0.1, 0.15) is 13.8 Å². The predicted octanol–water partition coefficient (Wildman–Crippen LogP) is -0.402. The molecule has 1 rings (SSSR count). The highest BCUT2D eigenvalue weighted by molar-refractivity contribution is 5.85. The Hall–Kier alpha value is -0.810. The van der Waals surface area contributed by atoms with E-state index in [2.05, 4.69) is 19.2 Å². The fraction of sp³-hybridized carbons (Fsp3) is 0.800. The second-order valence-electron chi connectivity index (χ2n) is 4.23. The van der Waals surface area contributed by atoms with E-state index in [0.717, 1.165) is 13.1 Å². The van der Waals surface area contributed by atoms with E-state index in [1.807, 2.05) is 0 Å². The minimum Gasteiger partial charge on any atom is -0.346 e. The number of nitrogens with one attached hydrogen (secondary N) is 1. The summed E-state index contributed by atoms with van der Waals surface area (Å²) >= 11 is 0. The van der Waals surface area contributed by atoms with Crippen molar-refractivity contribution in [3.8, 4) is 0 Å². The smallest absolute Gasteiger partial charge is 0.241 e. The molecular formula is C10H20ClN3O2. The normalized spacial score (nSPS) is 23.8. The molecule has 0 aromatic rings. The molecule has 0 aromatic heterocycles. The molecule has 16 heavy (non-hydrogen) atoms. The molecule has 0 bridgehead atoms. The average molecular weight is 250 g/mol. The fourth-order valence-corrected chi connectivity index (χ4v) is 1.69. The lowest BCUT2D eigenvalue weighted by Gasteiger charge is -2.16. The number of hydrogen-bond acceptors (Lipinski definition) is 3. The molecule has 0 saturated carbocycles. The molecule has 0 radical (unpaired) electrons. The van der Waals surface area contributed by atoms with Crippen molar-refractivity contribution in [2.75, 3.05) is 26.2 Å². The number of carbonyl (C=O) groups is 2. The predicted molar refractivity (Wildman–Crippen MR) is 64.2 cm³/mol. The standard InChI is InChI=1S/C10H19N3O2.ClH/c1-7-5-13(6-8(7)2)10(15)4-12-9(14)3-11;/h7-8H,3-6,11H2,1-2H3,(H,12,14);1H. The highest BCUT2D eigenvalue weighted by Gasteiger charge is 2.28. The third-order valence-electron chi connectivity index (χ3n) is 2.96. The van der Waals surface area contributed by atoms with Gasteiger partial charge in [0.1, 0.15) is 0 Å². The summed E-state index contributed by atoms with van der Waals surface area (Å²) in [5.74, 6) is 0.773. The van der Waals surface area contributed by atoms with Gasteiger partial charge < -0.3 is 16.0 Å². The van der Waals surface area contributed by atoms with Gasteiger partial charge in [-0.3, -0.25) is 9.59 Å². The van der Waals surface area contributed by atoms with E-state index >= 15 is 0 Å². The minimum absolute atomic E-state index is 0. The van der Waals surface area contributed by atoms with Crippen LogP contribution in [-0.2, 0) is 9.59 Å². The second kappa shape index (κ2) is 6.70. The molecule has 2 amide bonds. The van der Waals surface area contributed by atoms with E-state index in [-0.39, 0.29) is 37.3 Å². The molecule has 6 heteroatoms. The summed E-state index contributed by atoms with van der Waals surface area (Å²) in [7, 11) is 0. The van der Waals surface area contributed by atoms with Crippen molar-refractivity contribution >= 4 is 24.2 Å². The molecular weight excluding hydrogens is 230 g/mol. The van der Waals surface area contributed by atoms with Gasteiger partial charge in [0, 0.05) is 13.1 Å². The van der Waals surface area contributed by atoms with E-state index in [0.29, 0.717) is 11.8 Å². The lowest BCUT2D eigenvalue weighted by Crippen LogP contribution is -2.41. The third kappa shape index (κ3) is 3.98. The summed E-state index contributed by atoms with van der Waals surface area (Å²) in [6.07, 6.45) is 0. The zero-order valence-electron chi connectivity index (χ0n) is 9.73. The first kappa shape index (κ1) is 15.2. The first-order chi connectivity index (χ1) is 7.04. The number of nitrogens with two attached hydrogens (primary N) is 1. The quantitative estimate of drug-likeness (QED) is 0.715. The van der Waals surface area contributed by atoms with Crippen LogP contribution in [-0.4, -0.2) is 42.9 Å². The summed E-state index contributed by atoms with van der Waals surface area (Å²) in [6.45, 7) is 5.85. The van der Waals surface area contributed by atoms with Gasteiger partial charge in [-0.05, 0) is 11.8 Å². The van der Waals surface area contributed by atoms with Crippen LogP contribution < -0.4 is 11.1 Å². The average Bonchev–Trinajstić information content (AvgIpc) is 2.55. The molecule has 1 heterocycles. The van der Waals surface area contributed by atoms with Crippen LogP contribution >= 0.6 is 12.4 Å². The maximum Gasteiger partial charge on any atom is 0.241 e. The van der Waals surface area contributed by atoms with Crippen molar-refractivity contribution in [1.29, 1.82) is 0 Å². The molecule has 3 N–H and O–H groups in total. The van der Waals surface area contributed by atoms with Crippen LogP contribution in [0.5, 0.6) is 0 Å². The van der Waals surface area contributed by atoms with Gasteiger partial charge in [0.05, 0.1) is 13.1 Å².